The van der Waals surface area contributed by atoms with Crippen molar-refractivity contribution in [3.05, 3.63) is 60.2 Å². The van der Waals surface area contributed by atoms with E-state index in [0.717, 1.165) is 16.7 Å². The van der Waals surface area contributed by atoms with Crippen LogP contribution in [0, 0.1) is 0 Å². The van der Waals surface area contributed by atoms with Crippen molar-refractivity contribution in [2.75, 3.05) is 0 Å². The lowest BCUT2D eigenvalue weighted by Gasteiger charge is -2.17. The van der Waals surface area contributed by atoms with Gasteiger partial charge in [-0.3, -0.25) is 4.79 Å². The highest BCUT2D eigenvalue weighted by Crippen LogP contribution is 2.32. The molecule has 104 valence electrons. The lowest BCUT2D eigenvalue weighted by molar-refractivity contribution is -0.136. The molecule has 2 rings (SSSR count). The Bertz CT molecular complexity index is 581. The van der Waals surface area contributed by atoms with Crippen molar-refractivity contribution < 1.29 is 9.90 Å². The van der Waals surface area contributed by atoms with Gasteiger partial charge in [0.2, 0.25) is 0 Å². The summed E-state index contributed by atoms with van der Waals surface area (Å²) in [6.45, 7) is 2.01. The molecule has 1 N–H and O–H groups in total. The molecule has 0 bridgehead atoms. The summed E-state index contributed by atoms with van der Waals surface area (Å²) in [5.74, 6) is -0.874. The fourth-order valence-electron chi connectivity index (χ4n) is 2.35. The third kappa shape index (κ3) is 3.40. The Hall–Kier alpha value is -1.80. The second-order valence-corrected chi connectivity index (χ2v) is 5.42. The van der Waals surface area contributed by atoms with Gasteiger partial charge >= 0.3 is 5.97 Å². The molecule has 2 atom stereocenters. The predicted molar refractivity (Wildman–Crippen MR) is 82.2 cm³/mol. The number of hydrogen-bond acceptors (Lipinski definition) is 1. The van der Waals surface area contributed by atoms with E-state index in [2.05, 4.69) is 18.2 Å². The van der Waals surface area contributed by atoms with Crippen LogP contribution < -0.4 is 0 Å². The van der Waals surface area contributed by atoms with Crippen LogP contribution in [0.15, 0.2) is 54.6 Å². The number of aliphatic carboxylic acids is 1. The topological polar surface area (TPSA) is 37.3 Å². The lowest BCUT2D eigenvalue weighted by Crippen LogP contribution is -2.16. The SMILES string of the molecule is CC(CC(Cl)C(=O)O)c1ccccc1-c1ccccc1. The van der Waals surface area contributed by atoms with E-state index in [1.165, 1.54) is 0 Å². The van der Waals surface area contributed by atoms with Crippen molar-refractivity contribution in [2.24, 2.45) is 0 Å². The zero-order chi connectivity index (χ0) is 14.5. The summed E-state index contributed by atoms with van der Waals surface area (Å²) in [7, 11) is 0. The monoisotopic (exact) mass is 288 g/mol. The highest BCUT2D eigenvalue weighted by Gasteiger charge is 2.20. The number of hydrogen-bond donors (Lipinski definition) is 1. The van der Waals surface area contributed by atoms with Gasteiger partial charge in [-0.2, -0.15) is 0 Å². The fourth-order valence-corrected chi connectivity index (χ4v) is 2.61. The smallest absolute Gasteiger partial charge is 0.321 e. The first-order chi connectivity index (χ1) is 9.59. The van der Waals surface area contributed by atoms with Gasteiger partial charge in [-0.1, -0.05) is 61.5 Å². The largest absolute Gasteiger partial charge is 0.480 e. The number of carbonyl (C=O) groups is 1. The van der Waals surface area contributed by atoms with E-state index < -0.39 is 11.3 Å². The summed E-state index contributed by atoms with van der Waals surface area (Å²) < 4.78 is 0. The second-order valence-electron chi connectivity index (χ2n) is 4.90. The molecule has 2 aromatic rings. The molecule has 0 aliphatic rings. The molecule has 20 heavy (non-hydrogen) atoms. The Morgan fingerprint density at radius 2 is 1.70 bits per heavy atom. The number of carboxylic acid groups (broad SMARTS) is 1. The van der Waals surface area contributed by atoms with Crippen LogP contribution in [0.5, 0.6) is 0 Å². The molecular formula is C17H17ClO2. The molecule has 3 heteroatoms. The minimum absolute atomic E-state index is 0.0880. The average molecular weight is 289 g/mol. The summed E-state index contributed by atoms with van der Waals surface area (Å²) >= 11 is 5.86. The molecule has 2 nitrogen and oxygen atoms in total. The first kappa shape index (κ1) is 14.6. The van der Waals surface area contributed by atoms with Gasteiger partial charge < -0.3 is 5.11 Å². The van der Waals surface area contributed by atoms with Gasteiger partial charge in [-0.05, 0) is 29.0 Å². The Labute approximate surface area is 124 Å². The molecule has 2 unspecified atom stereocenters. The molecular weight excluding hydrogens is 272 g/mol. The highest BCUT2D eigenvalue weighted by molar-refractivity contribution is 6.29. The van der Waals surface area contributed by atoms with E-state index in [0.29, 0.717) is 6.42 Å². The molecule has 0 fully saturated rings. The van der Waals surface area contributed by atoms with Gasteiger partial charge in [0.25, 0.3) is 0 Å². The number of halogens is 1. The molecule has 2 aromatic carbocycles. The van der Waals surface area contributed by atoms with Gasteiger partial charge in [0, 0.05) is 0 Å². The summed E-state index contributed by atoms with van der Waals surface area (Å²) in [6.07, 6.45) is 0.417. The first-order valence-electron chi connectivity index (χ1n) is 6.61. The van der Waals surface area contributed by atoms with E-state index >= 15 is 0 Å². The van der Waals surface area contributed by atoms with Gasteiger partial charge in [-0.25, -0.2) is 0 Å². The number of carboxylic acids is 1. The minimum atomic E-state index is -0.962. The average Bonchev–Trinajstić information content (AvgIpc) is 2.48. The van der Waals surface area contributed by atoms with Crippen molar-refractivity contribution in [1.29, 1.82) is 0 Å². The van der Waals surface area contributed by atoms with Crippen LogP contribution in [0.2, 0.25) is 0 Å². The third-order valence-electron chi connectivity index (χ3n) is 3.40. The van der Waals surface area contributed by atoms with Crippen LogP contribution in [0.1, 0.15) is 24.8 Å². The molecule has 0 aliphatic heterocycles. The minimum Gasteiger partial charge on any atom is -0.480 e. The van der Waals surface area contributed by atoms with Crippen LogP contribution >= 0.6 is 11.6 Å². The Kier molecular flexibility index (Phi) is 4.80. The Morgan fingerprint density at radius 1 is 1.10 bits per heavy atom. The van der Waals surface area contributed by atoms with Crippen molar-refractivity contribution >= 4 is 17.6 Å². The maximum absolute atomic E-state index is 10.9. The third-order valence-corrected chi connectivity index (χ3v) is 3.77. The van der Waals surface area contributed by atoms with Crippen molar-refractivity contribution in [3.8, 4) is 11.1 Å². The second kappa shape index (κ2) is 6.58. The van der Waals surface area contributed by atoms with Crippen LogP contribution in [-0.4, -0.2) is 16.5 Å². The predicted octanol–water partition coefficient (Wildman–Crippen LogP) is 4.54. The molecule has 0 amide bonds. The maximum Gasteiger partial charge on any atom is 0.321 e. The number of benzene rings is 2. The molecule has 0 heterocycles. The van der Waals surface area contributed by atoms with Gasteiger partial charge in [-0.15, -0.1) is 11.6 Å². The Balaban J connectivity index is 2.31. The normalized spacial score (nSPS) is 13.7. The van der Waals surface area contributed by atoms with Crippen LogP contribution in [0.25, 0.3) is 11.1 Å². The van der Waals surface area contributed by atoms with Gasteiger partial charge in [0.1, 0.15) is 5.38 Å². The van der Waals surface area contributed by atoms with E-state index in [-0.39, 0.29) is 5.92 Å². The molecule has 0 aliphatic carbocycles. The van der Waals surface area contributed by atoms with Crippen LogP contribution in [0.3, 0.4) is 0 Å². The van der Waals surface area contributed by atoms with Crippen LogP contribution in [-0.2, 0) is 4.79 Å². The lowest BCUT2D eigenvalue weighted by atomic mass is 9.89. The van der Waals surface area contributed by atoms with E-state index in [4.69, 9.17) is 16.7 Å². The van der Waals surface area contributed by atoms with Crippen molar-refractivity contribution in [3.63, 3.8) is 0 Å². The van der Waals surface area contributed by atoms with Crippen molar-refractivity contribution in [2.45, 2.75) is 24.6 Å². The summed E-state index contributed by atoms with van der Waals surface area (Å²) in [5, 5.41) is 8.08. The Morgan fingerprint density at radius 3 is 2.35 bits per heavy atom. The molecule has 0 saturated carbocycles. The standard InChI is InChI=1S/C17H17ClO2/c1-12(11-16(18)17(19)20)14-9-5-6-10-15(14)13-7-3-2-4-8-13/h2-10,12,16H,11H2,1H3,(H,19,20). The fraction of sp³-hybridized carbons (Fsp3) is 0.235. The van der Waals surface area contributed by atoms with Crippen LogP contribution in [0.4, 0.5) is 0 Å². The summed E-state index contributed by atoms with van der Waals surface area (Å²) in [4.78, 5) is 10.9. The molecule has 0 spiro atoms. The molecule has 0 aromatic heterocycles. The quantitative estimate of drug-likeness (QED) is 0.820. The summed E-state index contributed by atoms with van der Waals surface area (Å²) in [6, 6.07) is 18.2. The first-order valence-corrected chi connectivity index (χ1v) is 7.04. The number of alkyl halides is 1. The zero-order valence-corrected chi connectivity index (χ0v) is 12.0. The van der Waals surface area contributed by atoms with Gasteiger partial charge in [0.05, 0.1) is 0 Å². The maximum atomic E-state index is 10.9. The molecule has 0 saturated heterocycles. The highest BCUT2D eigenvalue weighted by atomic mass is 35.5. The van der Waals surface area contributed by atoms with Gasteiger partial charge in [0.15, 0.2) is 0 Å². The van der Waals surface area contributed by atoms with E-state index in [1.807, 2.05) is 43.3 Å². The summed E-state index contributed by atoms with van der Waals surface area (Å²) in [5.41, 5.74) is 3.40. The molecule has 0 radical (unpaired) electrons. The van der Waals surface area contributed by atoms with E-state index in [9.17, 15) is 4.79 Å². The zero-order valence-electron chi connectivity index (χ0n) is 11.3. The van der Waals surface area contributed by atoms with E-state index in [1.54, 1.807) is 0 Å². The van der Waals surface area contributed by atoms with Crippen molar-refractivity contribution in [1.82, 2.24) is 0 Å². The number of rotatable bonds is 5.